The highest BCUT2D eigenvalue weighted by molar-refractivity contribution is 8.00. The first-order valence-corrected chi connectivity index (χ1v) is 6.84. The Morgan fingerprint density at radius 2 is 2.41 bits per heavy atom. The highest BCUT2D eigenvalue weighted by atomic mass is 32.2. The number of aromatic amines is 1. The van der Waals surface area contributed by atoms with Crippen LogP contribution in [0.3, 0.4) is 0 Å². The molecular weight excluding hydrogens is 232 g/mol. The Labute approximate surface area is 105 Å². The molecule has 0 bridgehead atoms. The van der Waals surface area contributed by atoms with E-state index in [1.165, 1.54) is 19.4 Å². The van der Waals surface area contributed by atoms with E-state index in [2.05, 4.69) is 33.0 Å². The number of aromatic nitrogens is 3. The molecule has 0 aromatic carbocycles. The summed E-state index contributed by atoms with van der Waals surface area (Å²) in [6.07, 6.45) is 6.14. The first-order chi connectivity index (χ1) is 8.33. The minimum absolute atomic E-state index is 0.654. The maximum atomic E-state index is 4.41. The van der Waals surface area contributed by atoms with Gasteiger partial charge in [0.2, 0.25) is 0 Å². The Kier molecular flexibility index (Phi) is 3.03. The van der Waals surface area contributed by atoms with E-state index in [1.54, 1.807) is 6.33 Å². The Morgan fingerprint density at radius 3 is 3.29 bits per heavy atom. The third-order valence-electron chi connectivity index (χ3n) is 3.18. The van der Waals surface area contributed by atoms with Crippen LogP contribution < -0.4 is 0 Å². The van der Waals surface area contributed by atoms with Crippen LogP contribution in [-0.2, 0) is 0 Å². The van der Waals surface area contributed by atoms with Crippen molar-refractivity contribution in [3.8, 4) is 0 Å². The number of hydrogen-bond acceptors (Lipinski definition) is 4. The molecule has 1 N–H and O–H groups in total. The molecule has 3 rings (SSSR count). The summed E-state index contributed by atoms with van der Waals surface area (Å²) in [6.45, 7) is 2.38. The van der Waals surface area contributed by atoms with Crippen molar-refractivity contribution in [1.82, 2.24) is 19.9 Å². The SMILES string of the molecule is CN1CCCC(Sc2ncnc3[nH]ccc23)C1. The fourth-order valence-electron chi connectivity index (χ4n) is 2.32. The Morgan fingerprint density at radius 1 is 1.47 bits per heavy atom. The fourth-order valence-corrected chi connectivity index (χ4v) is 3.64. The lowest BCUT2D eigenvalue weighted by atomic mass is 10.1. The van der Waals surface area contributed by atoms with E-state index in [0.29, 0.717) is 5.25 Å². The first kappa shape index (κ1) is 11.0. The molecule has 2 aromatic heterocycles. The molecule has 1 fully saturated rings. The number of thioether (sulfide) groups is 1. The molecule has 1 aliphatic rings. The van der Waals surface area contributed by atoms with Crippen LogP contribution in [0, 0.1) is 0 Å². The van der Waals surface area contributed by atoms with Crippen molar-refractivity contribution >= 4 is 22.8 Å². The third kappa shape index (κ3) is 2.30. The van der Waals surface area contributed by atoms with Gasteiger partial charge in [0, 0.05) is 18.0 Å². The van der Waals surface area contributed by atoms with Crippen LogP contribution >= 0.6 is 11.8 Å². The monoisotopic (exact) mass is 248 g/mol. The average Bonchev–Trinajstić information content (AvgIpc) is 2.78. The molecule has 90 valence electrons. The number of hydrogen-bond donors (Lipinski definition) is 1. The van der Waals surface area contributed by atoms with Crippen molar-refractivity contribution in [1.29, 1.82) is 0 Å². The van der Waals surface area contributed by atoms with E-state index in [0.717, 1.165) is 22.6 Å². The summed E-state index contributed by atoms with van der Waals surface area (Å²) >= 11 is 1.89. The smallest absolute Gasteiger partial charge is 0.141 e. The van der Waals surface area contributed by atoms with Gasteiger partial charge in [0.05, 0.1) is 5.39 Å². The van der Waals surface area contributed by atoms with Crippen molar-refractivity contribution in [3.63, 3.8) is 0 Å². The maximum absolute atomic E-state index is 4.41. The number of nitrogens with one attached hydrogen (secondary N) is 1. The van der Waals surface area contributed by atoms with E-state index >= 15 is 0 Å². The van der Waals surface area contributed by atoms with Gasteiger partial charge in [0.15, 0.2) is 0 Å². The van der Waals surface area contributed by atoms with Crippen LogP contribution in [0.4, 0.5) is 0 Å². The van der Waals surface area contributed by atoms with E-state index in [-0.39, 0.29) is 0 Å². The molecule has 3 heterocycles. The predicted octanol–water partition coefficient (Wildman–Crippen LogP) is 2.14. The number of H-pyrrole nitrogens is 1. The zero-order valence-electron chi connectivity index (χ0n) is 9.89. The zero-order chi connectivity index (χ0) is 11.7. The van der Waals surface area contributed by atoms with Crippen LogP contribution in [0.25, 0.3) is 11.0 Å². The minimum atomic E-state index is 0.654. The summed E-state index contributed by atoms with van der Waals surface area (Å²) < 4.78 is 0. The Hall–Kier alpha value is -1.07. The number of rotatable bonds is 2. The second-order valence-corrected chi connectivity index (χ2v) is 5.85. The summed E-state index contributed by atoms with van der Waals surface area (Å²) in [5, 5.41) is 2.91. The van der Waals surface area contributed by atoms with Crippen LogP contribution in [0.5, 0.6) is 0 Å². The molecule has 0 aliphatic carbocycles. The molecule has 2 aromatic rings. The van der Waals surface area contributed by atoms with Gasteiger partial charge in [-0.15, -0.1) is 11.8 Å². The number of piperidine rings is 1. The summed E-state index contributed by atoms with van der Waals surface area (Å²) in [4.78, 5) is 14.2. The average molecular weight is 248 g/mol. The largest absolute Gasteiger partial charge is 0.346 e. The van der Waals surface area contributed by atoms with Crippen LogP contribution in [-0.4, -0.2) is 45.2 Å². The number of fused-ring (bicyclic) bond motifs is 1. The minimum Gasteiger partial charge on any atom is -0.346 e. The van der Waals surface area contributed by atoms with Crippen LogP contribution in [0.15, 0.2) is 23.6 Å². The quantitative estimate of drug-likeness (QED) is 0.827. The van der Waals surface area contributed by atoms with Crippen molar-refractivity contribution in [3.05, 3.63) is 18.6 Å². The van der Waals surface area contributed by atoms with Gasteiger partial charge < -0.3 is 9.88 Å². The van der Waals surface area contributed by atoms with Crippen molar-refractivity contribution < 1.29 is 0 Å². The molecule has 1 aliphatic heterocycles. The van der Waals surface area contributed by atoms with Gasteiger partial charge in [-0.25, -0.2) is 9.97 Å². The van der Waals surface area contributed by atoms with E-state index < -0.39 is 0 Å². The Balaban J connectivity index is 1.82. The number of likely N-dealkylation sites (tertiary alicyclic amines) is 1. The summed E-state index contributed by atoms with van der Waals surface area (Å²) in [5.74, 6) is 0. The van der Waals surface area contributed by atoms with E-state index in [4.69, 9.17) is 0 Å². The van der Waals surface area contributed by atoms with Gasteiger partial charge in [-0.3, -0.25) is 0 Å². The van der Waals surface area contributed by atoms with E-state index in [1.807, 2.05) is 18.0 Å². The van der Waals surface area contributed by atoms with Gasteiger partial charge in [-0.05, 0) is 32.5 Å². The highest BCUT2D eigenvalue weighted by Crippen LogP contribution is 2.31. The summed E-state index contributed by atoms with van der Waals surface area (Å²) in [6, 6.07) is 2.06. The molecule has 1 atom stereocenters. The summed E-state index contributed by atoms with van der Waals surface area (Å²) in [5.41, 5.74) is 0.937. The molecule has 0 spiro atoms. The summed E-state index contributed by atoms with van der Waals surface area (Å²) in [7, 11) is 2.19. The molecule has 0 amide bonds. The molecule has 17 heavy (non-hydrogen) atoms. The topological polar surface area (TPSA) is 44.8 Å². The predicted molar refractivity (Wildman–Crippen MR) is 70.3 cm³/mol. The molecule has 1 saturated heterocycles. The fraction of sp³-hybridized carbons (Fsp3) is 0.500. The molecule has 4 nitrogen and oxygen atoms in total. The standard InChI is InChI=1S/C12H16N4S/c1-16-6-2-3-9(7-16)17-12-10-4-5-13-11(10)14-8-15-12/h4-5,8-9H,2-3,6-7H2,1H3,(H,13,14,15). The van der Waals surface area contributed by atoms with Crippen molar-refractivity contribution in [2.45, 2.75) is 23.1 Å². The van der Waals surface area contributed by atoms with E-state index in [9.17, 15) is 0 Å². The van der Waals surface area contributed by atoms with Crippen molar-refractivity contribution in [2.24, 2.45) is 0 Å². The van der Waals surface area contributed by atoms with Gasteiger partial charge in [0.25, 0.3) is 0 Å². The first-order valence-electron chi connectivity index (χ1n) is 5.96. The van der Waals surface area contributed by atoms with Gasteiger partial charge >= 0.3 is 0 Å². The third-order valence-corrected chi connectivity index (χ3v) is 4.44. The molecule has 0 radical (unpaired) electrons. The second-order valence-electron chi connectivity index (χ2n) is 4.56. The lowest BCUT2D eigenvalue weighted by Crippen LogP contribution is -2.33. The lowest BCUT2D eigenvalue weighted by molar-refractivity contribution is 0.283. The molecule has 5 heteroatoms. The molecule has 0 saturated carbocycles. The maximum Gasteiger partial charge on any atom is 0.141 e. The van der Waals surface area contributed by atoms with Gasteiger partial charge in [-0.2, -0.15) is 0 Å². The van der Waals surface area contributed by atoms with Gasteiger partial charge in [0.1, 0.15) is 17.0 Å². The number of nitrogens with zero attached hydrogens (tertiary/aromatic N) is 3. The van der Waals surface area contributed by atoms with Crippen molar-refractivity contribution in [2.75, 3.05) is 20.1 Å². The zero-order valence-corrected chi connectivity index (χ0v) is 10.7. The molecule has 1 unspecified atom stereocenters. The lowest BCUT2D eigenvalue weighted by Gasteiger charge is -2.28. The normalized spacial score (nSPS) is 22.1. The second kappa shape index (κ2) is 4.66. The van der Waals surface area contributed by atoms with Crippen LogP contribution in [0.2, 0.25) is 0 Å². The molecular formula is C12H16N4S. The highest BCUT2D eigenvalue weighted by Gasteiger charge is 2.19. The Bertz CT molecular complexity index is 510. The van der Waals surface area contributed by atoms with Gasteiger partial charge in [-0.1, -0.05) is 0 Å². The van der Waals surface area contributed by atoms with Crippen LogP contribution in [0.1, 0.15) is 12.8 Å².